The zero-order chi connectivity index (χ0) is 14.7. The molecule has 5 heteroatoms. The Hall–Kier alpha value is -1.46. The maximum absolute atomic E-state index is 4.64. The maximum atomic E-state index is 4.64. The van der Waals surface area contributed by atoms with E-state index in [9.17, 15) is 0 Å². The minimum atomic E-state index is 0.758. The summed E-state index contributed by atoms with van der Waals surface area (Å²) in [5, 5.41) is 0. The normalized spacial score (nSPS) is 17.9. The van der Waals surface area contributed by atoms with Crippen LogP contribution in [0.25, 0.3) is 5.65 Å². The van der Waals surface area contributed by atoms with E-state index >= 15 is 0 Å². The lowest BCUT2D eigenvalue weighted by Crippen LogP contribution is -2.49. The van der Waals surface area contributed by atoms with Crippen molar-refractivity contribution in [1.82, 2.24) is 24.2 Å². The van der Waals surface area contributed by atoms with E-state index in [2.05, 4.69) is 39.8 Å². The van der Waals surface area contributed by atoms with Crippen LogP contribution in [-0.4, -0.2) is 56.4 Å². The van der Waals surface area contributed by atoms with E-state index in [1.165, 1.54) is 25.9 Å². The lowest BCUT2D eigenvalue weighted by Gasteiger charge is -2.38. The number of nitrogens with zero attached hydrogens (tertiary/aromatic N) is 5. The van der Waals surface area contributed by atoms with Crippen molar-refractivity contribution in [2.24, 2.45) is 0 Å². The van der Waals surface area contributed by atoms with Crippen LogP contribution >= 0.6 is 0 Å². The van der Waals surface area contributed by atoms with Crippen LogP contribution in [0.5, 0.6) is 0 Å². The number of hydrogen-bond donors (Lipinski definition) is 0. The Morgan fingerprint density at radius 3 is 2.57 bits per heavy atom. The Morgan fingerprint density at radius 1 is 1.14 bits per heavy atom. The SMILES string of the molecule is CCC(CC)N1CCN(Cc2cn3ccncc3n2)CC1. The van der Waals surface area contributed by atoms with Crippen LogP contribution in [0, 0.1) is 0 Å². The van der Waals surface area contributed by atoms with Gasteiger partial charge in [-0.1, -0.05) is 13.8 Å². The third-order valence-corrected chi connectivity index (χ3v) is 4.57. The average Bonchev–Trinajstić information content (AvgIpc) is 2.92. The van der Waals surface area contributed by atoms with Gasteiger partial charge >= 0.3 is 0 Å². The molecule has 3 rings (SSSR count). The molecule has 2 aromatic heterocycles. The largest absolute Gasteiger partial charge is 0.304 e. The number of piperazine rings is 1. The highest BCUT2D eigenvalue weighted by molar-refractivity contribution is 5.36. The third kappa shape index (κ3) is 3.24. The minimum Gasteiger partial charge on any atom is -0.304 e. The number of imidazole rings is 1. The van der Waals surface area contributed by atoms with Gasteiger partial charge in [-0.2, -0.15) is 0 Å². The first-order chi connectivity index (χ1) is 10.3. The van der Waals surface area contributed by atoms with Gasteiger partial charge in [-0.25, -0.2) is 4.98 Å². The quantitative estimate of drug-likeness (QED) is 0.843. The summed E-state index contributed by atoms with van der Waals surface area (Å²) in [4.78, 5) is 13.9. The molecule has 0 saturated carbocycles. The number of fused-ring (bicyclic) bond motifs is 1. The molecule has 3 heterocycles. The fourth-order valence-electron chi connectivity index (χ4n) is 3.29. The van der Waals surface area contributed by atoms with E-state index in [-0.39, 0.29) is 0 Å². The summed E-state index contributed by atoms with van der Waals surface area (Å²) in [5.41, 5.74) is 2.07. The van der Waals surface area contributed by atoms with Crippen molar-refractivity contribution in [1.29, 1.82) is 0 Å². The zero-order valence-corrected chi connectivity index (χ0v) is 13.1. The Balaban J connectivity index is 1.57. The van der Waals surface area contributed by atoms with Crippen LogP contribution in [0.2, 0.25) is 0 Å². The second kappa shape index (κ2) is 6.54. The van der Waals surface area contributed by atoms with Gasteiger partial charge in [0.25, 0.3) is 0 Å². The van der Waals surface area contributed by atoms with E-state index in [1.807, 2.05) is 16.8 Å². The van der Waals surface area contributed by atoms with Gasteiger partial charge in [0.2, 0.25) is 0 Å². The average molecular weight is 287 g/mol. The fourth-order valence-corrected chi connectivity index (χ4v) is 3.29. The molecular formula is C16H25N5. The van der Waals surface area contributed by atoms with Crippen molar-refractivity contribution in [3.05, 3.63) is 30.5 Å². The van der Waals surface area contributed by atoms with Gasteiger partial charge in [0.05, 0.1) is 11.9 Å². The first-order valence-corrected chi connectivity index (χ1v) is 8.04. The van der Waals surface area contributed by atoms with Gasteiger partial charge < -0.3 is 4.40 Å². The molecule has 114 valence electrons. The van der Waals surface area contributed by atoms with Crippen LogP contribution in [0.15, 0.2) is 24.8 Å². The van der Waals surface area contributed by atoms with Crippen molar-refractivity contribution in [2.75, 3.05) is 26.2 Å². The Bertz CT molecular complexity index is 534. The summed E-state index contributed by atoms with van der Waals surface area (Å²) in [6.45, 7) is 10.2. The van der Waals surface area contributed by atoms with Gasteiger partial charge in [0, 0.05) is 57.4 Å². The summed E-state index contributed by atoms with van der Waals surface area (Å²) in [6.07, 6.45) is 10.2. The van der Waals surface area contributed by atoms with Crippen LogP contribution in [-0.2, 0) is 6.54 Å². The van der Waals surface area contributed by atoms with Crippen LogP contribution in [0.1, 0.15) is 32.4 Å². The van der Waals surface area contributed by atoms with Gasteiger partial charge in [-0.15, -0.1) is 0 Å². The topological polar surface area (TPSA) is 36.7 Å². The van der Waals surface area contributed by atoms with Crippen molar-refractivity contribution in [3.8, 4) is 0 Å². The summed E-state index contributed by atoms with van der Waals surface area (Å²) in [5.74, 6) is 0. The second-order valence-electron chi connectivity index (χ2n) is 5.86. The van der Waals surface area contributed by atoms with E-state index in [0.717, 1.165) is 37.0 Å². The molecule has 0 atom stereocenters. The molecule has 1 aliphatic rings. The lowest BCUT2D eigenvalue weighted by atomic mass is 10.1. The smallest absolute Gasteiger partial charge is 0.155 e. The Morgan fingerprint density at radius 2 is 1.90 bits per heavy atom. The summed E-state index contributed by atoms with van der Waals surface area (Å²) >= 11 is 0. The van der Waals surface area contributed by atoms with Crippen molar-refractivity contribution in [2.45, 2.75) is 39.3 Å². The lowest BCUT2D eigenvalue weighted by molar-refractivity contribution is 0.0875. The van der Waals surface area contributed by atoms with E-state index in [4.69, 9.17) is 0 Å². The molecule has 0 bridgehead atoms. The van der Waals surface area contributed by atoms with E-state index < -0.39 is 0 Å². The van der Waals surface area contributed by atoms with Crippen LogP contribution in [0.4, 0.5) is 0 Å². The molecule has 21 heavy (non-hydrogen) atoms. The van der Waals surface area contributed by atoms with E-state index in [1.54, 1.807) is 6.20 Å². The molecule has 0 aliphatic carbocycles. The third-order valence-electron chi connectivity index (χ3n) is 4.57. The molecule has 1 aliphatic heterocycles. The van der Waals surface area contributed by atoms with Gasteiger partial charge in [0.1, 0.15) is 0 Å². The maximum Gasteiger partial charge on any atom is 0.155 e. The van der Waals surface area contributed by atoms with Crippen molar-refractivity contribution >= 4 is 5.65 Å². The molecule has 0 amide bonds. The van der Waals surface area contributed by atoms with Gasteiger partial charge in [0.15, 0.2) is 5.65 Å². The van der Waals surface area contributed by atoms with Crippen molar-refractivity contribution < 1.29 is 0 Å². The molecule has 2 aromatic rings. The van der Waals surface area contributed by atoms with Gasteiger partial charge in [-0.05, 0) is 12.8 Å². The van der Waals surface area contributed by atoms with Gasteiger partial charge in [-0.3, -0.25) is 14.8 Å². The highest BCUT2D eigenvalue weighted by Crippen LogP contribution is 2.14. The molecule has 0 radical (unpaired) electrons. The summed E-state index contributed by atoms with van der Waals surface area (Å²) in [6, 6.07) is 0.758. The second-order valence-corrected chi connectivity index (χ2v) is 5.86. The number of aromatic nitrogens is 3. The predicted molar refractivity (Wildman–Crippen MR) is 84.2 cm³/mol. The molecule has 1 saturated heterocycles. The molecule has 5 nitrogen and oxygen atoms in total. The molecule has 1 fully saturated rings. The molecular weight excluding hydrogens is 262 g/mol. The molecule has 0 N–H and O–H groups in total. The molecule has 0 unspecified atom stereocenters. The zero-order valence-electron chi connectivity index (χ0n) is 13.1. The van der Waals surface area contributed by atoms with Crippen molar-refractivity contribution in [3.63, 3.8) is 0 Å². The fraction of sp³-hybridized carbons (Fsp3) is 0.625. The van der Waals surface area contributed by atoms with E-state index in [0.29, 0.717) is 0 Å². The van der Waals surface area contributed by atoms with Crippen LogP contribution in [0.3, 0.4) is 0 Å². The highest BCUT2D eigenvalue weighted by atomic mass is 15.3. The standard InChI is InChI=1S/C16H25N5/c1-3-15(4-2)20-9-7-19(8-10-20)12-14-13-21-6-5-17-11-16(21)18-14/h5-6,11,13,15H,3-4,7-10,12H2,1-2H3. The summed E-state index contributed by atoms with van der Waals surface area (Å²) < 4.78 is 2.04. The highest BCUT2D eigenvalue weighted by Gasteiger charge is 2.22. The first-order valence-electron chi connectivity index (χ1n) is 8.04. The predicted octanol–water partition coefficient (Wildman–Crippen LogP) is 2.04. The Labute approximate surface area is 126 Å². The molecule has 0 aromatic carbocycles. The van der Waals surface area contributed by atoms with Crippen LogP contribution < -0.4 is 0 Å². The number of hydrogen-bond acceptors (Lipinski definition) is 4. The monoisotopic (exact) mass is 287 g/mol. The summed E-state index contributed by atoms with van der Waals surface area (Å²) in [7, 11) is 0. The minimum absolute atomic E-state index is 0.758. The number of rotatable bonds is 5. The first kappa shape index (κ1) is 14.5. The molecule has 0 spiro atoms. The Kier molecular flexibility index (Phi) is 4.51.